The molecular formula is C14H12Br2O4S. The summed E-state index contributed by atoms with van der Waals surface area (Å²) in [5, 5.41) is 0. The van der Waals surface area contributed by atoms with E-state index in [1.54, 1.807) is 18.2 Å². The number of thiophene rings is 1. The molecule has 0 radical (unpaired) electrons. The highest BCUT2D eigenvalue weighted by Gasteiger charge is 2.23. The van der Waals surface area contributed by atoms with Crippen LogP contribution in [0.3, 0.4) is 0 Å². The molecule has 7 heteroatoms. The van der Waals surface area contributed by atoms with Gasteiger partial charge in [-0.2, -0.15) is 0 Å². The van der Waals surface area contributed by atoms with Gasteiger partial charge < -0.3 is 14.2 Å². The molecule has 0 amide bonds. The third-order valence-corrected chi connectivity index (χ3v) is 6.07. The van der Waals surface area contributed by atoms with Gasteiger partial charge >= 0.3 is 0 Å². The van der Waals surface area contributed by atoms with Gasteiger partial charge in [0.15, 0.2) is 11.5 Å². The third-order valence-electron chi connectivity index (χ3n) is 2.82. The Kier molecular flexibility index (Phi) is 5.29. The summed E-state index contributed by atoms with van der Waals surface area (Å²) in [5.41, 5.74) is 0.427. The summed E-state index contributed by atoms with van der Waals surface area (Å²) in [6.07, 6.45) is 0. The van der Waals surface area contributed by atoms with Gasteiger partial charge in [-0.3, -0.25) is 4.79 Å². The van der Waals surface area contributed by atoms with Gasteiger partial charge in [0.2, 0.25) is 11.5 Å². The van der Waals surface area contributed by atoms with Crippen LogP contribution < -0.4 is 14.2 Å². The first-order valence-electron chi connectivity index (χ1n) is 5.82. The fourth-order valence-electron chi connectivity index (χ4n) is 1.87. The molecule has 0 saturated heterocycles. The monoisotopic (exact) mass is 434 g/mol. The standard InChI is InChI=1S/C14H12Br2O4S/c1-18-9-5-4-7(12(19-2)13(9)20-3)11(17)10-6-8(15)14(16)21-10/h4-6H,1-3H3. The van der Waals surface area contributed by atoms with E-state index in [9.17, 15) is 4.79 Å². The highest BCUT2D eigenvalue weighted by atomic mass is 79.9. The lowest BCUT2D eigenvalue weighted by atomic mass is 10.1. The summed E-state index contributed by atoms with van der Waals surface area (Å²) in [5.74, 6) is 1.15. The minimum atomic E-state index is -0.135. The van der Waals surface area contributed by atoms with E-state index >= 15 is 0 Å². The molecule has 0 unspecified atom stereocenters. The van der Waals surface area contributed by atoms with Crippen LogP contribution >= 0.6 is 43.2 Å². The number of methoxy groups -OCH3 is 3. The van der Waals surface area contributed by atoms with Crippen molar-refractivity contribution >= 4 is 49.0 Å². The van der Waals surface area contributed by atoms with E-state index in [1.165, 1.54) is 32.7 Å². The van der Waals surface area contributed by atoms with Crippen LogP contribution in [0, 0.1) is 0 Å². The zero-order valence-electron chi connectivity index (χ0n) is 11.5. The van der Waals surface area contributed by atoms with Crippen LogP contribution in [-0.4, -0.2) is 27.1 Å². The second-order valence-electron chi connectivity index (χ2n) is 3.94. The molecule has 0 spiro atoms. The first kappa shape index (κ1) is 16.3. The van der Waals surface area contributed by atoms with Gasteiger partial charge in [-0.1, -0.05) is 0 Å². The van der Waals surface area contributed by atoms with E-state index in [2.05, 4.69) is 31.9 Å². The maximum absolute atomic E-state index is 12.7. The molecule has 2 aromatic rings. The number of hydrogen-bond donors (Lipinski definition) is 0. The fraction of sp³-hybridized carbons (Fsp3) is 0.214. The molecule has 1 aromatic heterocycles. The number of halogens is 2. The van der Waals surface area contributed by atoms with Crippen molar-refractivity contribution in [1.82, 2.24) is 0 Å². The van der Waals surface area contributed by atoms with Gasteiger partial charge in [-0.05, 0) is 50.1 Å². The Bertz CT molecular complexity index is 662. The van der Waals surface area contributed by atoms with Crippen molar-refractivity contribution in [1.29, 1.82) is 0 Å². The Hall–Kier alpha value is -1.05. The van der Waals surface area contributed by atoms with E-state index in [4.69, 9.17) is 14.2 Å². The van der Waals surface area contributed by atoms with Gasteiger partial charge in [0.05, 0.1) is 35.6 Å². The molecule has 0 atom stereocenters. The third kappa shape index (κ3) is 3.09. The minimum absolute atomic E-state index is 0.135. The summed E-state index contributed by atoms with van der Waals surface area (Å²) >= 11 is 8.12. The quantitative estimate of drug-likeness (QED) is 0.647. The molecule has 0 aliphatic carbocycles. The van der Waals surface area contributed by atoms with Gasteiger partial charge in [-0.15, -0.1) is 11.3 Å². The number of rotatable bonds is 5. The number of benzene rings is 1. The second kappa shape index (κ2) is 6.81. The highest BCUT2D eigenvalue weighted by Crippen LogP contribution is 2.42. The van der Waals surface area contributed by atoms with Crippen LogP contribution in [0.4, 0.5) is 0 Å². The van der Waals surface area contributed by atoms with Crippen molar-refractivity contribution in [3.05, 3.63) is 36.9 Å². The Morgan fingerprint density at radius 3 is 2.19 bits per heavy atom. The molecule has 0 saturated carbocycles. The maximum Gasteiger partial charge on any atom is 0.206 e. The predicted octanol–water partition coefficient (Wildman–Crippen LogP) is 4.53. The highest BCUT2D eigenvalue weighted by molar-refractivity contribution is 9.13. The van der Waals surface area contributed by atoms with Gasteiger partial charge in [0, 0.05) is 4.47 Å². The van der Waals surface area contributed by atoms with Crippen molar-refractivity contribution < 1.29 is 19.0 Å². The number of carbonyl (C=O) groups is 1. The summed E-state index contributed by atoms with van der Waals surface area (Å²) in [4.78, 5) is 13.2. The summed E-state index contributed by atoms with van der Waals surface area (Å²) in [7, 11) is 4.54. The van der Waals surface area contributed by atoms with Crippen molar-refractivity contribution in [2.24, 2.45) is 0 Å². The van der Waals surface area contributed by atoms with Gasteiger partial charge in [-0.25, -0.2) is 0 Å². The summed E-state index contributed by atoms with van der Waals surface area (Å²) in [6, 6.07) is 5.13. The van der Waals surface area contributed by atoms with Crippen LogP contribution in [0.2, 0.25) is 0 Å². The SMILES string of the molecule is COc1ccc(C(=O)c2cc(Br)c(Br)s2)c(OC)c1OC. The Balaban J connectivity index is 2.55. The van der Waals surface area contributed by atoms with Crippen LogP contribution in [0.25, 0.3) is 0 Å². The van der Waals surface area contributed by atoms with Crippen molar-refractivity contribution in [2.75, 3.05) is 21.3 Å². The predicted molar refractivity (Wildman–Crippen MR) is 89.2 cm³/mol. The Morgan fingerprint density at radius 2 is 1.71 bits per heavy atom. The fourth-order valence-corrected chi connectivity index (χ4v) is 3.86. The largest absolute Gasteiger partial charge is 0.493 e. The summed E-state index contributed by atoms with van der Waals surface area (Å²) < 4.78 is 17.6. The zero-order chi connectivity index (χ0) is 15.6. The summed E-state index contributed by atoms with van der Waals surface area (Å²) in [6.45, 7) is 0. The van der Waals surface area contributed by atoms with Gasteiger partial charge in [0.25, 0.3) is 0 Å². The van der Waals surface area contributed by atoms with E-state index in [-0.39, 0.29) is 5.78 Å². The number of ketones is 1. The lowest BCUT2D eigenvalue weighted by molar-refractivity contribution is 0.103. The average molecular weight is 436 g/mol. The average Bonchev–Trinajstić information content (AvgIpc) is 2.84. The van der Waals surface area contributed by atoms with E-state index < -0.39 is 0 Å². The molecule has 2 rings (SSSR count). The lowest BCUT2D eigenvalue weighted by Gasteiger charge is -2.14. The zero-order valence-corrected chi connectivity index (χ0v) is 15.5. The van der Waals surface area contributed by atoms with Crippen LogP contribution in [0.5, 0.6) is 17.2 Å². The Labute approximate surface area is 143 Å². The van der Waals surface area contributed by atoms with Crippen LogP contribution in [0.1, 0.15) is 15.2 Å². The second-order valence-corrected chi connectivity index (χ2v) is 7.17. The van der Waals surface area contributed by atoms with E-state index in [0.717, 1.165) is 8.26 Å². The minimum Gasteiger partial charge on any atom is -0.493 e. The molecule has 0 aliphatic rings. The molecule has 112 valence electrons. The maximum atomic E-state index is 12.7. The van der Waals surface area contributed by atoms with Crippen molar-refractivity contribution in [2.45, 2.75) is 0 Å². The Morgan fingerprint density at radius 1 is 1.05 bits per heavy atom. The lowest BCUT2D eigenvalue weighted by Crippen LogP contribution is -2.04. The molecule has 4 nitrogen and oxygen atoms in total. The molecule has 1 aromatic carbocycles. The molecule has 0 aliphatic heterocycles. The molecule has 0 N–H and O–H groups in total. The number of ether oxygens (including phenoxy) is 3. The van der Waals surface area contributed by atoms with Crippen molar-refractivity contribution in [3.8, 4) is 17.2 Å². The first-order valence-corrected chi connectivity index (χ1v) is 8.22. The van der Waals surface area contributed by atoms with E-state index in [1.807, 2.05) is 0 Å². The molecule has 0 bridgehead atoms. The van der Waals surface area contributed by atoms with E-state index in [0.29, 0.717) is 27.7 Å². The van der Waals surface area contributed by atoms with Crippen molar-refractivity contribution in [3.63, 3.8) is 0 Å². The first-order chi connectivity index (χ1) is 10.0. The molecule has 0 fully saturated rings. The number of carbonyl (C=O) groups excluding carboxylic acids is 1. The molecule has 1 heterocycles. The topological polar surface area (TPSA) is 44.8 Å². The normalized spacial score (nSPS) is 10.3. The van der Waals surface area contributed by atoms with Crippen LogP contribution in [-0.2, 0) is 0 Å². The number of hydrogen-bond acceptors (Lipinski definition) is 5. The van der Waals surface area contributed by atoms with Crippen LogP contribution in [0.15, 0.2) is 26.5 Å². The smallest absolute Gasteiger partial charge is 0.206 e. The molecular weight excluding hydrogens is 424 g/mol. The van der Waals surface area contributed by atoms with Gasteiger partial charge in [0.1, 0.15) is 0 Å². The molecule has 21 heavy (non-hydrogen) atoms.